The van der Waals surface area contributed by atoms with E-state index in [1.54, 1.807) is 4.90 Å². The number of carbonyl (C=O) groups excluding carboxylic acids is 2. The number of nitrogens with one attached hydrogen (secondary N) is 1. The second-order valence-electron chi connectivity index (χ2n) is 10.2. The van der Waals surface area contributed by atoms with Crippen LogP contribution in [-0.4, -0.2) is 42.0 Å². The quantitative estimate of drug-likeness (QED) is 0.245. The maximum atomic E-state index is 13.9. The Morgan fingerprint density at radius 2 is 1.48 bits per heavy atom. The Hall–Kier alpha value is -3.80. The molecule has 0 aliphatic carbocycles. The van der Waals surface area contributed by atoms with Crippen molar-refractivity contribution in [2.24, 2.45) is 0 Å². The zero-order valence-electron chi connectivity index (χ0n) is 24.6. The number of nitrogens with zero attached hydrogens (tertiary/aromatic N) is 1. The summed E-state index contributed by atoms with van der Waals surface area (Å²) in [4.78, 5) is 29.4. The summed E-state index contributed by atoms with van der Waals surface area (Å²) in [5, 5.41) is 3.13. The molecule has 6 heteroatoms. The first-order valence-electron chi connectivity index (χ1n) is 14.4. The van der Waals surface area contributed by atoms with E-state index in [-0.39, 0.29) is 24.3 Å². The Balaban J connectivity index is 1.90. The van der Waals surface area contributed by atoms with Crippen LogP contribution >= 0.6 is 0 Å². The van der Waals surface area contributed by atoms with Gasteiger partial charge in [0.05, 0.1) is 13.2 Å². The lowest BCUT2D eigenvalue weighted by Crippen LogP contribution is -2.52. The molecule has 1 N–H and O–H groups in total. The molecule has 0 unspecified atom stereocenters. The predicted octanol–water partition coefficient (Wildman–Crippen LogP) is 6.28. The molecule has 3 aromatic carbocycles. The monoisotopic (exact) mass is 544 g/mol. The van der Waals surface area contributed by atoms with Crippen molar-refractivity contribution in [2.75, 3.05) is 13.2 Å². The Morgan fingerprint density at radius 1 is 0.825 bits per heavy atom. The smallest absolute Gasteiger partial charge is 0.243 e. The summed E-state index contributed by atoms with van der Waals surface area (Å²) in [6.45, 7) is 11.4. The van der Waals surface area contributed by atoms with Crippen LogP contribution < -0.4 is 14.8 Å². The first kappa shape index (κ1) is 30.7. The first-order chi connectivity index (χ1) is 19.3. The minimum absolute atomic E-state index is 0.0166. The number of rotatable bonds is 15. The van der Waals surface area contributed by atoms with Crippen LogP contribution in [0.25, 0.3) is 0 Å². The van der Waals surface area contributed by atoms with Gasteiger partial charge in [0, 0.05) is 25.4 Å². The third-order valence-corrected chi connectivity index (χ3v) is 6.98. The summed E-state index contributed by atoms with van der Waals surface area (Å²) in [5.74, 6) is 1.19. The topological polar surface area (TPSA) is 67.9 Å². The molecule has 2 atom stereocenters. The van der Waals surface area contributed by atoms with E-state index in [0.717, 1.165) is 28.7 Å². The fourth-order valence-corrected chi connectivity index (χ4v) is 4.53. The molecule has 3 aromatic rings. The molecule has 0 aliphatic rings. The molecule has 2 amide bonds. The van der Waals surface area contributed by atoms with Gasteiger partial charge in [-0.25, -0.2) is 0 Å². The standard InChI is InChI=1S/C34H44N2O4/c1-6-26(5)35-34(38)30(22-27-12-10-9-11-13-27)36(24-29-16-14-25(4)15-17-29)33(37)21-19-28-18-20-31(39-7-2)32(23-28)40-8-3/h9-18,20,23,26,30H,6-8,19,21-22,24H2,1-5H3,(H,35,38)/t26-,30+/m0/s1. The van der Waals surface area contributed by atoms with Crippen molar-refractivity contribution >= 4 is 11.8 Å². The molecule has 40 heavy (non-hydrogen) atoms. The lowest BCUT2D eigenvalue weighted by molar-refractivity contribution is -0.141. The summed E-state index contributed by atoms with van der Waals surface area (Å²) in [5.41, 5.74) is 4.14. The highest BCUT2D eigenvalue weighted by molar-refractivity contribution is 5.88. The SMILES string of the molecule is CCOc1ccc(CCC(=O)N(Cc2ccc(C)cc2)[C@H](Cc2ccccc2)C(=O)N[C@@H](C)CC)cc1OCC. The highest BCUT2D eigenvalue weighted by atomic mass is 16.5. The van der Waals surface area contributed by atoms with Crippen molar-refractivity contribution in [3.63, 3.8) is 0 Å². The molecule has 0 aliphatic heterocycles. The summed E-state index contributed by atoms with van der Waals surface area (Å²) >= 11 is 0. The number of amides is 2. The van der Waals surface area contributed by atoms with Crippen molar-refractivity contribution in [3.8, 4) is 11.5 Å². The van der Waals surface area contributed by atoms with Crippen LogP contribution in [0.3, 0.4) is 0 Å². The number of benzene rings is 3. The van der Waals surface area contributed by atoms with E-state index >= 15 is 0 Å². The van der Waals surface area contributed by atoms with Gasteiger partial charge in [0.2, 0.25) is 11.8 Å². The van der Waals surface area contributed by atoms with E-state index < -0.39 is 6.04 Å². The molecular formula is C34H44N2O4. The molecule has 0 fully saturated rings. The van der Waals surface area contributed by atoms with Crippen molar-refractivity contribution in [2.45, 2.75) is 78.9 Å². The second-order valence-corrected chi connectivity index (χ2v) is 10.2. The van der Waals surface area contributed by atoms with E-state index in [9.17, 15) is 9.59 Å². The predicted molar refractivity (Wildman–Crippen MR) is 161 cm³/mol. The van der Waals surface area contributed by atoms with Crippen LogP contribution in [0.4, 0.5) is 0 Å². The number of aryl methyl sites for hydroxylation is 2. The van der Waals surface area contributed by atoms with Gasteiger partial charge in [0.15, 0.2) is 11.5 Å². The van der Waals surface area contributed by atoms with Crippen LogP contribution in [0.2, 0.25) is 0 Å². The van der Waals surface area contributed by atoms with Gasteiger partial charge < -0.3 is 19.7 Å². The van der Waals surface area contributed by atoms with Crippen LogP contribution in [0.5, 0.6) is 11.5 Å². The molecule has 0 bridgehead atoms. The van der Waals surface area contributed by atoms with Gasteiger partial charge >= 0.3 is 0 Å². The molecule has 0 aromatic heterocycles. The van der Waals surface area contributed by atoms with Crippen LogP contribution in [0.15, 0.2) is 72.8 Å². The third kappa shape index (κ3) is 9.15. The number of hydrogen-bond donors (Lipinski definition) is 1. The molecule has 3 rings (SSSR count). The highest BCUT2D eigenvalue weighted by Crippen LogP contribution is 2.29. The Morgan fingerprint density at radius 3 is 2.12 bits per heavy atom. The summed E-state index contributed by atoms with van der Waals surface area (Å²) in [6, 6.07) is 23.2. The first-order valence-corrected chi connectivity index (χ1v) is 14.4. The number of carbonyl (C=O) groups is 2. The Kier molecular flexibility index (Phi) is 12.1. The van der Waals surface area contributed by atoms with Gasteiger partial charge in [0.25, 0.3) is 0 Å². The second kappa shape index (κ2) is 15.7. The van der Waals surface area contributed by atoms with Crippen molar-refractivity contribution in [1.29, 1.82) is 0 Å². The van der Waals surface area contributed by atoms with Gasteiger partial charge in [-0.1, -0.05) is 73.2 Å². The van der Waals surface area contributed by atoms with Crippen LogP contribution in [0, 0.1) is 6.92 Å². The van der Waals surface area contributed by atoms with Gasteiger partial charge in [-0.3, -0.25) is 9.59 Å². The summed E-state index contributed by atoms with van der Waals surface area (Å²) in [7, 11) is 0. The van der Waals surface area contributed by atoms with E-state index in [0.29, 0.717) is 44.1 Å². The normalized spacial score (nSPS) is 12.3. The van der Waals surface area contributed by atoms with Crippen molar-refractivity contribution in [1.82, 2.24) is 10.2 Å². The fourth-order valence-electron chi connectivity index (χ4n) is 4.53. The van der Waals surface area contributed by atoms with Gasteiger partial charge in [-0.15, -0.1) is 0 Å². The minimum Gasteiger partial charge on any atom is -0.490 e. The van der Waals surface area contributed by atoms with E-state index in [2.05, 4.69) is 5.32 Å². The van der Waals surface area contributed by atoms with Gasteiger partial charge in [0.1, 0.15) is 6.04 Å². The van der Waals surface area contributed by atoms with E-state index in [4.69, 9.17) is 9.47 Å². The zero-order valence-corrected chi connectivity index (χ0v) is 24.6. The molecule has 0 spiro atoms. The van der Waals surface area contributed by atoms with Crippen molar-refractivity contribution in [3.05, 3.63) is 95.1 Å². The van der Waals surface area contributed by atoms with Gasteiger partial charge in [-0.05, 0) is 69.4 Å². The molecular weight excluding hydrogens is 500 g/mol. The van der Waals surface area contributed by atoms with Crippen LogP contribution in [-0.2, 0) is 29.0 Å². The molecule has 0 saturated heterocycles. The van der Waals surface area contributed by atoms with Gasteiger partial charge in [-0.2, -0.15) is 0 Å². The third-order valence-electron chi connectivity index (χ3n) is 6.98. The van der Waals surface area contributed by atoms with Crippen LogP contribution in [0.1, 0.15) is 62.8 Å². The molecule has 0 saturated carbocycles. The molecule has 6 nitrogen and oxygen atoms in total. The fraction of sp³-hybridized carbons (Fsp3) is 0.412. The Labute approximate surface area is 239 Å². The van der Waals surface area contributed by atoms with E-state index in [1.165, 1.54) is 0 Å². The maximum Gasteiger partial charge on any atom is 0.243 e. The van der Waals surface area contributed by atoms with E-state index in [1.807, 2.05) is 107 Å². The average molecular weight is 545 g/mol. The molecule has 0 heterocycles. The van der Waals surface area contributed by atoms with Crippen molar-refractivity contribution < 1.29 is 19.1 Å². The molecule has 0 radical (unpaired) electrons. The Bertz CT molecular complexity index is 1210. The zero-order chi connectivity index (χ0) is 28.9. The summed E-state index contributed by atoms with van der Waals surface area (Å²) in [6.07, 6.45) is 2.06. The lowest BCUT2D eigenvalue weighted by Gasteiger charge is -2.32. The minimum atomic E-state index is -0.635. The number of ether oxygens (including phenoxy) is 2. The highest BCUT2D eigenvalue weighted by Gasteiger charge is 2.30. The molecule has 214 valence electrons. The average Bonchev–Trinajstić information content (AvgIpc) is 2.96. The maximum absolute atomic E-state index is 13.9. The largest absolute Gasteiger partial charge is 0.490 e. The summed E-state index contributed by atoms with van der Waals surface area (Å²) < 4.78 is 11.5. The lowest BCUT2D eigenvalue weighted by atomic mass is 10.0. The number of hydrogen-bond acceptors (Lipinski definition) is 4.